The first-order valence-electron chi connectivity index (χ1n) is 10.5. The predicted octanol–water partition coefficient (Wildman–Crippen LogP) is 4.53. The van der Waals surface area contributed by atoms with Gasteiger partial charge in [-0.2, -0.15) is 0 Å². The Labute approximate surface area is 187 Å². The fourth-order valence-corrected chi connectivity index (χ4v) is 3.37. The van der Waals surface area contributed by atoms with Gasteiger partial charge in [-0.05, 0) is 44.5 Å². The fraction of sp³-hybridized carbons (Fsp3) is 0.417. The highest BCUT2D eigenvalue weighted by molar-refractivity contribution is 6.01. The average molecular weight is 445 g/mol. The molecule has 1 heterocycles. The van der Waals surface area contributed by atoms with E-state index in [0.717, 1.165) is 23.0 Å². The molecule has 2 amide bonds. The highest BCUT2D eigenvalue weighted by atomic mass is 19.1. The van der Waals surface area contributed by atoms with Gasteiger partial charge in [0, 0.05) is 43.4 Å². The summed E-state index contributed by atoms with van der Waals surface area (Å²) in [5.74, 6) is -1.35. The second kappa shape index (κ2) is 9.54. The van der Waals surface area contributed by atoms with Gasteiger partial charge in [-0.25, -0.2) is 13.6 Å². The number of rotatable bonds is 6. The Bertz CT molecular complexity index is 984. The van der Waals surface area contributed by atoms with E-state index in [4.69, 9.17) is 4.84 Å². The Morgan fingerprint density at radius 2 is 1.84 bits per heavy atom. The lowest BCUT2D eigenvalue weighted by Crippen LogP contribution is -2.50. The zero-order valence-corrected chi connectivity index (χ0v) is 19.2. The third kappa shape index (κ3) is 6.18. The van der Waals surface area contributed by atoms with E-state index in [1.54, 1.807) is 0 Å². The number of urea groups is 1. The Hall–Kier alpha value is -3.16. The van der Waals surface area contributed by atoms with Crippen LogP contribution in [0, 0.1) is 11.6 Å². The number of hydrogen-bond acceptors (Lipinski definition) is 4. The molecule has 0 fully saturated rings. The highest BCUT2D eigenvalue weighted by Crippen LogP contribution is 2.22. The van der Waals surface area contributed by atoms with Gasteiger partial charge in [0.05, 0.1) is 18.8 Å². The molecule has 1 atom stereocenters. The zero-order valence-electron chi connectivity index (χ0n) is 19.2. The molecule has 0 bridgehead atoms. The van der Waals surface area contributed by atoms with Crippen molar-refractivity contribution in [3.8, 4) is 0 Å². The summed E-state index contributed by atoms with van der Waals surface area (Å²) >= 11 is 0. The smallest absolute Gasteiger partial charge is 0.318 e. The van der Waals surface area contributed by atoms with Crippen molar-refractivity contribution < 1.29 is 18.4 Å². The summed E-state index contributed by atoms with van der Waals surface area (Å²) in [5, 5.41) is 7.10. The summed E-state index contributed by atoms with van der Waals surface area (Å²) in [4.78, 5) is 22.0. The standard InChI is InChI=1S/C24H30F2N4O2/c1-24(2,3)27-23(31)30(14-17-6-9-18(25)12-21(17)26)15-20-13-22(28-32-20)16-7-10-19(11-8-16)29(4)5/h6-12,20H,13-15H2,1-5H3,(H,27,31). The number of anilines is 1. The van der Waals surface area contributed by atoms with E-state index in [-0.39, 0.29) is 30.8 Å². The van der Waals surface area contributed by atoms with Crippen LogP contribution < -0.4 is 10.2 Å². The van der Waals surface area contributed by atoms with E-state index >= 15 is 0 Å². The molecule has 2 aromatic carbocycles. The third-order valence-corrected chi connectivity index (χ3v) is 5.02. The molecular weight excluding hydrogens is 414 g/mol. The molecule has 8 heteroatoms. The van der Waals surface area contributed by atoms with Crippen LogP contribution in [0.1, 0.15) is 38.3 Å². The van der Waals surface area contributed by atoms with Crippen LogP contribution in [0.25, 0.3) is 0 Å². The number of benzene rings is 2. The van der Waals surface area contributed by atoms with Crippen LogP contribution in [0.2, 0.25) is 0 Å². The average Bonchev–Trinajstić information content (AvgIpc) is 3.16. The van der Waals surface area contributed by atoms with E-state index in [9.17, 15) is 13.6 Å². The number of nitrogens with one attached hydrogen (secondary N) is 1. The molecule has 1 unspecified atom stereocenters. The molecule has 32 heavy (non-hydrogen) atoms. The van der Waals surface area contributed by atoms with E-state index in [1.165, 1.54) is 17.0 Å². The molecule has 172 valence electrons. The van der Waals surface area contributed by atoms with Crippen LogP contribution in [0.15, 0.2) is 47.6 Å². The van der Waals surface area contributed by atoms with Crippen LogP contribution >= 0.6 is 0 Å². The van der Waals surface area contributed by atoms with Gasteiger partial charge in [0.2, 0.25) is 0 Å². The largest absolute Gasteiger partial charge is 0.390 e. The van der Waals surface area contributed by atoms with Crippen LogP contribution in [0.5, 0.6) is 0 Å². The van der Waals surface area contributed by atoms with Crippen molar-refractivity contribution >= 4 is 17.4 Å². The Morgan fingerprint density at radius 1 is 1.16 bits per heavy atom. The van der Waals surface area contributed by atoms with Gasteiger partial charge in [-0.1, -0.05) is 23.4 Å². The molecule has 6 nitrogen and oxygen atoms in total. The van der Waals surface area contributed by atoms with Crippen molar-refractivity contribution in [1.82, 2.24) is 10.2 Å². The predicted molar refractivity (Wildman–Crippen MR) is 122 cm³/mol. The van der Waals surface area contributed by atoms with Crippen molar-refractivity contribution in [3.05, 3.63) is 65.2 Å². The molecular formula is C24H30F2N4O2. The van der Waals surface area contributed by atoms with Gasteiger partial charge in [0.1, 0.15) is 11.6 Å². The summed E-state index contributed by atoms with van der Waals surface area (Å²) in [6, 6.07) is 11.0. The van der Waals surface area contributed by atoms with E-state index in [0.29, 0.717) is 6.42 Å². The van der Waals surface area contributed by atoms with Gasteiger partial charge in [0.25, 0.3) is 0 Å². The molecule has 1 aliphatic heterocycles. The van der Waals surface area contributed by atoms with Crippen LogP contribution in [-0.4, -0.2) is 48.9 Å². The number of amides is 2. The van der Waals surface area contributed by atoms with Gasteiger partial charge in [0.15, 0.2) is 6.10 Å². The van der Waals surface area contributed by atoms with Crippen molar-refractivity contribution in [3.63, 3.8) is 0 Å². The fourth-order valence-electron chi connectivity index (χ4n) is 3.37. The van der Waals surface area contributed by atoms with Gasteiger partial charge in [-0.15, -0.1) is 0 Å². The number of halogens is 2. The van der Waals surface area contributed by atoms with Gasteiger partial charge in [-0.3, -0.25) is 0 Å². The zero-order chi connectivity index (χ0) is 23.5. The van der Waals surface area contributed by atoms with E-state index in [2.05, 4.69) is 10.5 Å². The van der Waals surface area contributed by atoms with Crippen molar-refractivity contribution in [1.29, 1.82) is 0 Å². The number of oxime groups is 1. The molecule has 0 aromatic heterocycles. The number of hydrogen-bond donors (Lipinski definition) is 1. The SMILES string of the molecule is CN(C)c1ccc(C2=NOC(CN(Cc3ccc(F)cc3F)C(=O)NC(C)(C)C)C2)cc1. The second-order valence-corrected chi connectivity index (χ2v) is 9.21. The van der Waals surface area contributed by atoms with Crippen molar-refractivity contribution in [2.75, 3.05) is 25.5 Å². The first-order chi connectivity index (χ1) is 15.0. The number of carbonyl (C=O) groups excluding carboxylic acids is 1. The van der Waals surface area contributed by atoms with Gasteiger partial charge < -0.3 is 20.0 Å². The Balaban J connectivity index is 1.71. The first kappa shape index (κ1) is 23.5. The van der Waals surface area contributed by atoms with Crippen LogP contribution in [-0.2, 0) is 11.4 Å². The molecule has 0 radical (unpaired) electrons. The molecule has 0 aliphatic carbocycles. The summed E-state index contributed by atoms with van der Waals surface area (Å²) in [6.45, 7) is 5.80. The van der Waals surface area contributed by atoms with E-state index < -0.39 is 17.2 Å². The highest BCUT2D eigenvalue weighted by Gasteiger charge is 2.29. The lowest BCUT2D eigenvalue weighted by atomic mass is 10.0. The summed E-state index contributed by atoms with van der Waals surface area (Å²) in [5.41, 5.74) is 2.59. The molecule has 1 N–H and O–H groups in total. The minimum atomic E-state index is -0.691. The van der Waals surface area contributed by atoms with Crippen LogP contribution in [0.3, 0.4) is 0 Å². The Morgan fingerprint density at radius 3 is 2.44 bits per heavy atom. The molecule has 3 rings (SSSR count). The molecule has 1 aliphatic rings. The minimum absolute atomic E-state index is 0.0131. The normalized spacial score (nSPS) is 15.7. The summed E-state index contributed by atoms with van der Waals surface area (Å²) in [6.07, 6.45) is 0.153. The van der Waals surface area contributed by atoms with E-state index in [1.807, 2.05) is 64.0 Å². The maximum atomic E-state index is 14.2. The lowest BCUT2D eigenvalue weighted by molar-refractivity contribution is 0.0578. The summed E-state index contributed by atoms with van der Waals surface area (Å²) in [7, 11) is 3.95. The Kier molecular flexibility index (Phi) is 7.01. The number of nitrogens with zero attached hydrogens (tertiary/aromatic N) is 3. The van der Waals surface area contributed by atoms with Crippen molar-refractivity contribution in [2.45, 2.75) is 45.4 Å². The maximum absolute atomic E-state index is 14.2. The van der Waals surface area contributed by atoms with Crippen LogP contribution in [0.4, 0.5) is 19.3 Å². The molecule has 0 saturated carbocycles. The first-order valence-corrected chi connectivity index (χ1v) is 10.5. The lowest BCUT2D eigenvalue weighted by Gasteiger charge is -2.29. The summed E-state index contributed by atoms with van der Waals surface area (Å²) < 4.78 is 27.5. The van der Waals surface area contributed by atoms with Crippen molar-refractivity contribution in [2.24, 2.45) is 5.16 Å². The second-order valence-electron chi connectivity index (χ2n) is 9.21. The van der Waals surface area contributed by atoms with Gasteiger partial charge >= 0.3 is 6.03 Å². The minimum Gasteiger partial charge on any atom is -0.390 e. The molecule has 0 spiro atoms. The quantitative estimate of drug-likeness (QED) is 0.712. The molecule has 0 saturated heterocycles. The third-order valence-electron chi connectivity index (χ3n) is 5.02. The number of carbonyl (C=O) groups is 1. The maximum Gasteiger partial charge on any atom is 0.318 e. The topological polar surface area (TPSA) is 57.2 Å². The monoisotopic (exact) mass is 444 g/mol. The molecule has 2 aromatic rings.